The number of hydrogen-bond acceptors (Lipinski definition) is 3. The van der Waals surface area contributed by atoms with Crippen LogP contribution in [-0.2, 0) is 12.8 Å². The van der Waals surface area contributed by atoms with Gasteiger partial charge in [0.2, 0.25) is 0 Å². The highest BCUT2D eigenvalue weighted by Gasteiger charge is 2.21. The number of nitrogens with one attached hydrogen (secondary N) is 2. The van der Waals surface area contributed by atoms with E-state index in [4.69, 9.17) is 4.98 Å². The molecular formula is C14H21N3. The van der Waals surface area contributed by atoms with E-state index < -0.39 is 0 Å². The molecule has 2 atom stereocenters. The van der Waals surface area contributed by atoms with E-state index in [1.807, 2.05) is 0 Å². The van der Waals surface area contributed by atoms with Crippen molar-refractivity contribution in [1.82, 2.24) is 10.3 Å². The third-order valence-corrected chi connectivity index (χ3v) is 4.02. The minimum absolute atomic E-state index is 0.524. The lowest BCUT2D eigenvalue weighted by Gasteiger charge is -2.31. The van der Waals surface area contributed by atoms with Crippen LogP contribution in [0.25, 0.3) is 0 Å². The highest BCUT2D eigenvalue weighted by atomic mass is 15.1. The second-order valence-corrected chi connectivity index (χ2v) is 5.29. The van der Waals surface area contributed by atoms with E-state index >= 15 is 0 Å². The summed E-state index contributed by atoms with van der Waals surface area (Å²) in [6, 6.07) is 5.46. The van der Waals surface area contributed by atoms with Crippen molar-refractivity contribution in [2.45, 2.75) is 51.1 Å². The van der Waals surface area contributed by atoms with Gasteiger partial charge in [0, 0.05) is 17.8 Å². The first kappa shape index (κ1) is 11.0. The van der Waals surface area contributed by atoms with Gasteiger partial charge in [0.1, 0.15) is 5.82 Å². The van der Waals surface area contributed by atoms with Crippen molar-refractivity contribution in [3.8, 4) is 0 Å². The molecule has 2 unspecified atom stereocenters. The van der Waals surface area contributed by atoms with Crippen molar-refractivity contribution in [3.05, 3.63) is 23.4 Å². The van der Waals surface area contributed by atoms with Gasteiger partial charge in [-0.25, -0.2) is 4.98 Å². The van der Waals surface area contributed by atoms with E-state index in [2.05, 4.69) is 29.7 Å². The third-order valence-electron chi connectivity index (χ3n) is 4.02. The van der Waals surface area contributed by atoms with E-state index in [1.165, 1.54) is 36.9 Å². The van der Waals surface area contributed by atoms with Gasteiger partial charge in [-0.3, -0.25) is 0 Å². The third kappa shape index (κ3) is 2.29. The number of aryl methyl sites for hydroxylation is 2. The minimum Gasteiger partial charge on any atom is -0.366 e. The Morgan fingerprint density at radius 3 is 3.12 bits per heavy atom. The molecule has 3 heteroatoms. The molecule has 2 N–H and O–H groups in total. The fourth-order valence-electron chi connectivity index (χ4n) is 2.93. The maximum absolute atomic E-state index is 4.74. The van der Waals surface area contributed by atoms with Crippen molar-refractivity contribution in [2.75, 3.05) is 11.9 Å². The van der Waals surface area contributed by atoms with E-state index in [-0.39, 0.29) is 0 Å². The molecule has 1 saturated heterocycles. The Bertz CT molecular complexity index is 402. The summed E-state index contributed by atoms with van der Waals surface area (Å²) in [6.45, 7) is 3.40. The van der Waals surface area contributed by atoms with Crippen molar-refractivity contribution in [3.63, 3.8) is 0 Å². The van der Waals surface area contributed by atoms with E-state index in [1.54, 1.807) is 0 Å². The molecule has 0 spiro atoms. The van der Waals surface area contributed by atoms with Crippen LogP contribution in [-0.4, -0.2) is 23.6 Å². The Hall–Kier alpha value is -1.09. The summed E-state index contributed by atoms with van der Waals surface area (Å²) in [5.74, 6) is 1.06. The van der Waals surface area contributed by atoms with Gasteiger partial charge in [-0.2, -0.15) is 0 Å². The van der Waals surface area contributed by atoms with Crippen LogP contribution in [0.3, 0.4) is 0 Å². The highest BCUT2D eigenvalue weighted by Crippen LogP contribution is 2.22. The minimum atomic E-state index is 0.524. The summed E-state index contributed by atoms with van der Waals surface area (Å²) in [5.41, 5.74) is 2.76. The maximum atomic E-state index is 4.74. The molecule has 0 aromatic carbocycles. The first-order chi connectivity index (χ1) is 8.33. The van der Waals surface area contributed by atoms with Gasteiger partial charge in [0.25, 0.3) is 0 Å². The number of anilines is 1. The Morgan fingerprint density at radius 2 is 2.24 bits per heavy atom. The molecular weight excluding hydrogens is 210 g/mol. The van der Waals surface area contributed by atoms with Gasteiger partial charge in [0.05, 0.1) is 0 Å². The van der Waals surface area contributed by atoms with Gasteiger partial charge in [0.15, 0.2) is 0 Å². The van der Waals surface area contributed by atoms with Crippen molar-refractivity contribution < 1.29 is 0 Å². The van der Waals surface area contributed by atoms with Crippen LogP contribution in [0, 0.1) is 0 Å². The molecule has 17 heavy (non-hydrogen) atoms. The lowest BCUT2D eigenvalue weighted by Crippen LogP contribution is -2.46. The first-order valence-electron chi connectivity index (χ1n) is 6.81. The summed E-state index contributed by atoms with van der Waals surface area (Å²) in [4.78, 5) is 4.74. The number of fused-ring (bicyclic) bond motifs is 1. The smallest absolute Gasteiger partial charge is 0.126 e. The average Bonchev–Trinajstić information content (AvgIpc) is 2.79. The van der Waals surface area contributed by atoms with E-state index in [0.29, 0.717) is 12.1 Å². The molecule has 1 aromatic heterocycles. The largest absolute Gasteiger partial charge is 0.366 e. The SMILES string of the molecule is CC1NCCCC1Nc1ccc2c(n1)CCC2. The fraction of sp³-hybridized carbons (Fsp3) is 0.643. The summed E-state index contributed by atoms with van der Waals surface area (Å²) >= 11 is 0. The molecule has 92 valence electrons. The van der Waals surface area contributed by atoms with Crippen LogP contribution >= 0.6 is 0 Å². The van der Waals surface area contributed by atoms with Crippen LogP contribution in [0.1, 0.15) is 37.4 Å². The normalized spacial score (nSPS) is 27.8. The first-order valence-corrected chi connectivity index (χ1v) is 6.81. The van der Waals surface area contributed by atoms with Crippen LogP contribution in [0.2, 0.25) is 0 Å². The molecule has 2 aliphatic rings. The summed E-state index contributed by atoms with van der Waals surface area (Å²) in [6.07, 6.45) is 6.14. The number of rotatable bonds is 2. The van der Waals surface area contributed by atoms with Crippen molar-refractivity contribution in [2.24, 2.45) is 0 Å². The summed E-state index contributed by atoms with van der Waals surface area (Å²) in [5, 5.41) is 7.10. The van der Waals surface area contributed by atoms with Crippen LogP contribution in [0.4, 0.5) is 5.82 Å². The average molecular weight is 231 g/mol. The molecule has 0 bridgehead atoms. The number of hydrogen-bond donors (Lipinski definition) is 2. The highest BCUT2D eigenvalue weighted by molar-refractivity contribution is 5.41. The van der Waals surface area contributed by atoms with Gasteiger partial charge in [-0.1, -0.05) is 6.07 Å². The van der Waals surface area contributed by atoms with E-state index in [0.717, 1.165) is 18.8 Å². The number of nitrogens with zero attached hydrogens (tertiary/aromatic N) is 1. The summed E-state index contributed by atoms with van der Waals surface area (Å²) in [7, 11) is 0. The monoisotopic (exact) mass is 231 g/mol. The molecule has 0 saturated carbocycles. The lowest BCUT2D eigenvalue weighted by molar-refractivity contribution is 0.388. The molecule has 3 nitrogen and oxygen atoms in total. The van der Waals surface area contributed by atoms with Crippen molar-refractivity contribution in [1.29, 1.82) is 0 Å². The predicted molar refractivity (Wildman–Crippen MR) is 70.4 cm³/mol. The molecule has 1 aromatic rings. The maximum Gasteiger partial charge on any atom is 0.126 e. The zero-order valence-electron chi connectivity index (χ0n) is 10.5. The zero-order valence-corrected chi connectivity index (χ0v) is 10.5. The summed E-state index contributed by atoms with van der Waals surface area (Å²) < 4.78 is 0. The number of piperidine rings is 1. The molecule has 1 aliphatic heterocycles. The molecule has 1 fully saturated rings. The standard InChI is InChI=1S/C14H21N3/c1-10-12(6-3-9-15-10)16-14-8-7-11-4-2-5-13(11)17-14/h7-8,10,12,15H,2-6,9H2,1H3,(H,16,17). The van der Waals surface area contributed by atoms with Crippen LogP contribution in [0.15, 0.2) is 12.1 Å². The topological polar surface area (TPSA) is 37.0 Å². The Balaban J connectivity index is 1.72. The Kier molecular flexibility index (Phi) is 3.02. The number of pyridine rings is 1. The fourth-order valence-corrected chi connectivity index (χ4v) is 2.93. The second kappa shape index (κ2) is 4.65. The quantitative estimate of drug-likeness (QED) is 0.818. The van der Waals surface area contributed by atoms with Crippen molar-refractivity contribution >= 4 is 5.82 Å². The molecule has 1 aliphatic carbocycles. The lowest BCUT2D eigenvalue weighted by atomic mass is 10.00. The Morgan fingerprint density at radius 1 is 1.29 bits per heavy atom. The Labute approximate surface area is 103 Å². The predicted octanol–water partition coefficient (Wildman–Crippen LogP) is 2.12. The number of aromatic nitrogens is 1. The van der Waals surface area contributed by atoms with Crippen LogP contribution < -0.4 is 10.6 Å². The molecule has 0 radical (unpaired) electrons. The zero-order chi connectivity index (χ0) is 11.7. The second-order valence-electron chi connectivity index (χ2n) is 5.29. The molecule has 0 amide bonds. The molecule has 3 rings (SSSR count). The molecule has 2 heterocycles. The van der Waals surface area contributed by atoms with Gasteiger partial charge in [-0.05, 0) is 57.2 Å². The van der Waals surface area contributed by atoms with Gasteiger partial charge in [-0.15, -0.1) is 0 Å². The van der Waals surface area contributed by atoms with E-state index in [9.17, 15) is 0 Å². The van der Waals surface area contributed by atoms with Gasteiger partial charge >= 0.3 is 0 Å². The van der Waals surface area contributed by atoms with Crippen LogP contribution in [0.5, 0.6) is 0 Å². The van der Waals surface area contributed by atoms with Gasteiger partial charge < -0.3 is 10.6 Å².